The molecule has 0 aromatic heterocycles. The van der Waals surface area contributed by atoms with Crippen LogP contribution in [0.1, 0.15) is 18.6 Å². The van der Waals surface area contributed by atoms with E-state index in [2.05, 4.69) is 15.9 Å². The highest BCUT2D eigenvalue weighted by atomic mass is 79.9. The first-order valence-corrected chi connectivity index (χ1v) is 4.59. The summed E-state index contributed by atoms with van der Waals surface area (Å²) in [7, 11) is 0. The van der Waals surface area contributed by atoms with Crippen molar-refractivity contribution in [2.45, 2.75) is 13.0 Å². The summed E-state index contributed by atoms with van der Waals surface area (Å²) in [6.07, 6.45) is 3.10. The minimum Gasteiger partial charge on any atom is -0.384 e. The van der Waals surface area contributed by atoms with Gasteiger partial charge in [0.1, 0.15) is 0 Å². The van der Waals surface area contributed by atoms with Crippen molar-refractivity contribution >= 4 is 15.9 Å². The second kappa shape index (κ2) is 4.43. The molecule has 12 heavy (non-hydrogen) atoms. The summed E-state index contributed by atoms with van der Waals surface area (Å²) in [5, 5.41) is 9.54. The minimum atomic E-state index is -0.493. The molecule has 0 saturated carbocycles. The molecule has 0 aliphatic heterocycles. The highest BCUT2D eigenvalue weighted by Crippen LogP contribution is 2.18. The SMILES string of the molecule is CC=CC(O)c1cccc(Br)c1. The fraction of sp³-hybridized carbons (Fsp3) is 0.200. The Kier molecular flexibility index (Phi) is 3.50. The van der Waals surface area contributed by atoms with E-state index in [1.807, 2.05) is 37.3 Å². The van der Waals surface area contributed by atoms with Gasteiger partial charge >= 0.3 is 0 Å². The maximum atomic E-state index is 9.54. The topological polar surface area (TPSA) is 20.2 Å². The number of hydrogen-bond acceptors (Lipinski definition) is 1. The minimum absolute atomic E-state index is 0.493. The third-order valence-corrected chi connectivity index (χ3v) is 2.06. The summed E-state index contributed by atoms with van der Waals surface area (Å²) in [5.74, 6) is 0. The third kappa shape index (κ3) is 2.47. The normalized spacial score (nSPS) is 13.6. The van der Waals surface area contributed by atoms with E-state index in [0.717, 1.165) is 10.0 Å². The molecule has 2 heteroatoms. The number of rotatable bonds is 2. The summed E-state index contributed by atoms with van der Waals surface area (Å²) in [5.41, 5.74) is 0.905. The Labute approximate surface area is 80.9 Å². The molecule has 0 amide bonds. The number of aliphatic hydroxyl groups is 1. The molecular weight excluding hydrogens is 216 g/mol. The van der Waals surface area contributed by atoms with Crippen molar-refractivity contribution < 1.29 is 5.11 Å². The van der Waals surface area contributed by atoms with Gasteiger partial charge in [0, 0.05) is 4.47 Å². The molecule has 1 N–H and O–H groups in total. The first kappa shape index (κ1) is 9.49. The molecule has 0 radical (unpaired) electrons. The Hall–Kier alpha value is -0.600. The first-order valence-electron chi connectivity index (χ1n) is 3.80. The van der Waals surface area contributed by atoms with E-state index in [-0.39, 0.29) is 0 Å². The van der Waals surface area contributed by atoms with Gasteiger partial charge in [-0.3, -0.25) is 0 Å². The second-order valence-corrected chi connectivity index (χ2v) is 3.44. The molecule has 0 fully saturated rings. The zero-order valence-electron chi connectivity index (χ0n) is 6.87. The summed E-state index contributed by atoms with van der Waals surface area (Å²) in [4.78, 5) is 0. The number of allylic oxidation sites excluding steroid dienone is 1. The van der Waals surface area contributed by atoms with Crippen molar-refractivity contribution in [1.29, 1.82) is 0 Å². The molecule has 0 saturated heterocycles. The molecule has 1 aromatic rings. The van der Waals surface area contributed by atoms with Gasteiger partial charge in [-0.2, -0.15) is 0 Å². The van der Waals surface area contributed by atoms with Gasteiger partial charge in [-0.15, -0.1) is 0 Å². The summed E-state index contributed by atoms with van der Waals surface area (Å²) in [6, 6.07) is 7.65. The number of hydrogen-bond donors (Lipinski definition) is 1. The molecular formula is C10H11BrO. The van der Waals surface area contributed by atoms with E-state index in [9.17, 15) is 5.11 Å². The summed E-state index contributed by atoms with van der Waals surface area (Å²) >= 11 is 3.35. The highest BCUT2D eigenvalue weighted by Gasteiger charge is 2.01. The summed E-state index contributed by atoms with van der Waals surface area (Å²) < 4.78 is 0.989. The van der Waals surface area contributed by atoms with Gasteiger partial charge in [0.15, 0.2) is 0 Å². The van der Waals surface area contributed by atoms with E-state index >= 15 is 0 Å². The predicted octanol–water partition coefficient (Wildman–Crippen LogP) is 3.06. The van der Waals surface area contributed by atoms with E-state index in [1.54, 1.807) is 6.08 Å². The van der Waals surface area contributed by atoms with Crippen LogP contribution in [-0.2, 0) is 0 Å². The maximum absolute atomic E-state index is 9.54. The predicted molar refractivity (Wildman–Crippen MR) is 53.9 cm³/mol. The average Bonchev–Trinajstić information content (AvgIpc) is 2.05. The van der Waals surface area contributed by atoms with Crippen LogP contribution >= 0.6 is 15.9 Å². The third-order valence-electron chi connectivity index (χ3n) is 1.56. The van der Waals surface area contributed by atoms with E-state index in [0.29, 0.717) is 0 Å². The lowest BCUT2D eigenvalue weighted by Crippen LogP contribution is -1.91. The molecule has 0 spiro atoms. The molecule has 0 aliphatic rings. The van der Waals surface area contributed by atoms with Crippen LogP contribution in [0, 0.1) is 0 Å². The number of benzene rings is 1. The quantitative estimate of drug-likeness (QED) is 0.770. The first-order chi connectivity index (χ1) is 5.74. The van der Waals surface area contributed by atoms with Crippen LogP contribution in [-0.4, -0.2) is 5.11 Å². The van der Waals surface area contributed by atoms with Gasteiger partial charge in [0.2, 0.25) is 0 Å². The Balaban J connectivity index is 2.87. The maximum Gasteiger partial charge on any atom is 0.0972 e. The van der Waals surface area contributed by atoms with Crippen molar-refractivity contribution in [1.82, 2.24) is 0 Å². The van der Waals surface area contributed by atoms with E-state index in [4.69, 9.17) is 0 Å². The van der Waals surface area contributed by atoms with Crippen LogP contribution < -0.4 is 0 Å². The lowest BCUT2D eigenvalue weighted by molar-refractivity contribution is 0.228. The van der Waals surface area contributed by atoms with Gasteiger partial charge in [-0.25, -0.2) is 0 Å². The van der Waals surface area contributed by atoms with Crippen LogP contribution in [0.25, 0.3) is 0 Å². The van der Waals surface area contributed by atoms with Crippen molar-refractivity contribution in [3.8, 4) is 0 Å². The van der Waals surface area contributed by atoms with Gasteiger partial charge in [0.25, 0.3) is 0 Å². The molecule has 1 rings (SSSR count). The van der Waals surface area contributed by atoms with Crippen LogP contribution in [0.3, 0.4) is 0 Å². The molecule has 1 nitrogen and oxygen atoms in total. The second-order valence-electron chi connectivity index (χ2n) is 2.53. The van der Waals surface area contributed by atoms with Gasteiger partial charge in [-0.05, 0) is 24.6 Å². The Morgan fingerprint density at radius 1 is 1.50 bits per heavy atom. The molecule has 64 valence electrons. The zero-order chi connectivity index (χ0) is 8.97. The van der Waals surface area contributed by atoms with Gasteiger partial charge in [0.05, 0.1) is 6.10 Å². The number of aliphatic hydroxyl groups excluding tert-OH is 1. The van der Waals surface area contributed by atoms with E-state index < -0.39 is 6.10 Å². The fourth-order valence-electron chi connectivity index (χ4n) is 0.984. The molecule has 0 bridgehead atoms. The fourth-order valence-corrected chi connectivity index (χ4v) is 1.40. The van der Waals surface area contributed by atoms with Crippen LogP contribution in [0.4, 0.5) is 0 Å². The summed E-state index contributed by atoms with van der Waals surface area (Å²) in [6.45, 7) is 1.89. The number of halogens is 1. The van der Waals surface area contributed by atoms with Gasteiger partial charge < -0.3 is 5.11 Å². The van der Waals surface area contributed by atoms with Crippen molar-refractivity contribution in [3.05, 3.63) is 46.5 Å². The lowest BCUT2D eigenvalue weighted by Gasteiger charge is -2.05. The highest BCUT2D eigenvalue weighted by molar-refractivity contribution is 9.10. The largest absolute Gasteiger partial charge is 0.384 e. The molecule has 1 aromatic carbocycles. The molecule has 0 heterocycles. The average molecular weight is 227 g/mol. The Morgan fingerprint density at radius 3 is 2.83 bits per heavy atom. The lowest BCUT2D eigenvalue weighted by atomic mass is 10.1. The van der Waals surface area contributed by atoms with Crippen LogP contribution in [0.2, 0.25) is 0 Å². The smallest absolute Gasteiger partial charge is 0.0972 e. The van der Waals surface area contributed by atoms with Crippen LogP contribution in [0.5, 0.6) is 0 Å². The van der Waals surface area contributed by atoms with Crippen molar-refractivity contribution in [2.75, 3.05) is 0 Å². The standard InChI is InChI=1S/C10H11BrO/c1-2-4-10(12)8-5-3-6-9(11)7-8/h2-7,10,12H,1H3. The Morgan fingerprint density at radius 2 is 2.25 bits per heavy atom. The molecule has 1 unspecified atom stereocenters. The van der Waals surface area contributed by atoms with E-state index in [1.165, 1.54) is 0 Å². The molecule has 1 atom stereocenters. The monoisotopic (exact) mass is 226 g/mol. The van der Waals surface area contributed by atoms with Gasteiger partial charge in [-0.1, -0.05) is 40.2 Å². The Bertz CT molecular complexity index is 281. The molecule has 0 aliphatic carbocycles. The zero-order valence-corrected chi connectivity index (χ0v) is 8.45. The van der Waals surface area contributed by atoms with Crippen molar-refractivity contribution in [2.24, 2.45) is 0 Å². The van der Waals surface area contributed by atoms with Crippen LogP contribution in [0.15, 0.2) is 40.9 Å². The van der Waals surface area contributed by atoms with Crippen molar-refractivity contribution in [3.63, 3.8) is 0 Å².